The molecule has 0 unspecified atom stereocenters. The number of guanidine groups is 1. The van der Waals surface area contributed by atoms with Gasteiger partial charge in [-0.3, -0.25) is 9.79 Å². The predicted molar refractivity (Wildman–Crippen MR) is 108 cm³/mol. The van der Waals surface area contributed by atoms with Gasteiger partial charge in [0.2, 0.25) is 5.91 Å². The molecule has 2 rings (SSSR count). The second kappa shape index (κ2) is 11.6. The van der Waals surface area contributed by atoms with Crippen LogP contribution in [0, 0.1) is 5.92 Å². The summed E-state index contributed by atoms with van der Waals surface area (Å²) in [7, 11) is 1.74. The van der Waals surface area contributed by atoms with E-state index in [1.165, 1.54) is 32.1 Å². The minimum absolute atomic E-state index is 0.163. The molecule has 0 spiro atoms. The summed E-state index contributed by atoms with van der Waals surface area (Å²) < 4.78 is 5.39. The standard InChI is InChI=1S/C20H35N5O2/c1-4-17-16(18(5-2)27-25-17)14-24-20(21-3)23-12-11-22-19(26)13-15-9-7-6-8-10-15/h15H,4-14H2,1-3H3,(H,22,26)(H2,21,23,24). The molecule has 3 N–H and O–H groups in total. The Kier molecular flexibility index (Phi) is 9.15. The number of carbonyl (C=O) groups excluding carboxylic acids is 1. The van der Waals surface area contributed by atoms with E-state index < -0.39 is 0 Å². The van der Waals surface area contributed by atoms with Crippen molar-refractivity contribution in [1.82, 2.24) is 21.1 Å². The van der Waals surface area contributed by atoms with Gasteiger partial charge in [0.15, 0.2) is 5.96 Å². The Labute approximate surface area is 162 Å². The van der Waals surface area contributed by atoms with Crippen LogP contribution >= 0.6 is 0 Å². The molecule has 0 atom stereocenters. The molecule has 1 heterocycles. The highest BCUT2D eigenvalue weighted by atomic mass is 16.5. The molecule has 0 aliphatic heterocycles. The maximum atomic E-state index is 12.0. The van der Waals surface area contributed by atoms with Crippen molar-refractivity contribution >= 4 is 11.9 Å². The molecule has 27 heavy (non-hydrogen) atoms. The number of nitrogens with zero attached hydrogens (tertiary/aromatic N) is 2. The lowest BCUT2D eigenvalue weighted by Gasteiger charge is -2.20. The molecule has 0 radical (unpaired) electrons. The number of aromatic nitrogens is 1. The third-order valence-electron chi connectivity index (χ3n) is 5.20. The van der Waals surface area contributed by atoms with E-state index in [1.807, 2.05) is 0 Å². The summed E-state index contributed by atoms with van der Waals surface area (Å²) in [4.78, 5) is 16.3. The number of aliphatic imine (C=N–C) groups is 1. The van der Waals surface area contributed by atoms with Gasteiger partial charge in [0.25, 0.3) is 0 Å². The van der Waals surface area contributed by atoms with E-state index in [1.54, 1.807) is 7.05 Å². The number of hydrogen-bond acceptors (Lipinski definition) is 4. The molecule has 1 amide bonds. The Morgan fingerprint density at radius 2 is 1.85 bits per heavy atom. The van der Waals surface area contributed by atoms with E-state index >= 15 is 0 Å². The normalized spacial score (nSPS) is 15.6. The zero-order valence-electron chi connectivity index (χ0n) is 17.1. The van der Waals surface area contributed by atoms with Crippen LogP contribution in [0.5, 0.6) is 0 Å². The maximum absolute atomic E-state index is 12.0. The van der Waals surface area contributed by atoms with Crippen LogP contribution in [0.4, 0.5) is 0 Å². The second-order valence-corrected chi connectivity index (χ2v) is 7.15. The summed E-state index contributed by atoms with van der Waals surface area (Å²) in [6.45, 7) is 6.00. The van der Waals surface area contributed by atoms with E-state index in [0.29, 0.717) is 37.9 Å². The molecule has 7 nitrogen and oxygen atoms in total. The van der Waals surface area contributed by atoms with Crippen LogP contribution in [0.15, 0.2) is 9.52 Å². The Balaban J connectivity index is 1.67. The maximum Gasteiger partial charge on any atom is 0.220 e. The van der Waals surface area contributed by atoms with Crippen LogP contribution in [-0.2, 0) is 24.2 Å². The average Bonchev–Trinajstić information content (AvgIpc) is 3.10. The van der Waals surface area contributed by atoms with Crippen molar-refractivity contribution in [3.05, 3.63) is 17.0 Å². The minimum Gasteiger partial charge on any atom is -0.361 e. The van der Waals surface area contributed by atoms with Crippen molar-refractivity contribution in [3.8, 4) is 0 Å². The number of rotatable bonds is 9. The lowest BCUT2D eigenvalue weighted by Crippen LogP contribution is -2.41. The van der Waals surface area contributed by atoms with E-state index in [0.717, 1.165) is 29.9 Å². The van der Waals surface area contributed by atoms with Crippen molar-refractivity contribution in [3.63, 3.8) is 0 Å². The summed E-state index contributed by atoms with van der Waals surface area (Å²) in [5, 5.41) is 13.7. The summed E-state index contributed by atoms with van der Waals surface area (Å²) >= 11 is 0. The molecule has 7 heteroatoms. The van der Waals surface area contributed by atoms with E-state index in [9.17, 15) is 4.79 Å². The number of aryl methyl sites for hydroxylation is 2. The van der Waals surface area contributed by atoms with Crippen molar-refractivity contribution in [2.75, 3.05) is 20.1 Å². The topological polar surface area (TPSA) is 91.6 Å². The van der Waals surface area contributed by atoms with Gasteiger partial charge < -0.3 is 20.5 Å². The van der Waals surface area contributed by atoms with Gasteiger partial charge in [0.1, 0.15) is 5.76 Å². The average molecular weight is 378 g/mol. The van der Waals surface area contributed by atoms with E-state index in [4.69, 9.17) is 4.52 Å². The summed E-state index contributed by atoms with van der Waals surface area (Å²) in [6, 6.07) is 0. The highest BCUT2D eigenvalue weighted by Gasteiger charge is 2.17. The SMILES string of the molecule is CCc1noc(CC)c1CNC(=NC)NCCNC(=O)CC1CCCCC1. The highest BCUT2D eigenvalue weighted by molar-refractivity contribution is 5.80. The lowest BCUT2D eigenvalue weighted by atomic mass is 9.87. The van der Waals surface area contributed by atoms with Gasteiger partial charge >= 0.3 is 0 Å². The van der Waals surface area contributed by atoms with Gasteiger partial charge in [-0.2, -0.15) is 0 Å². The van der Waals surface area contributed by atoms with Gasteiger partial charge in [-0.25, -0.2) is 0 Å². The second-order valence-electron chi connectivity index (χ2n) is 7.15. The first-order chi connectivity index (χ1) is 13.2. The van der Waals surface area contributed by atoms with Gasteiger partial charge in [0.05, 0.1) is 5.69 Å². The third kappa shape index (κ3) is 6.88. The summed E-state index contributed by atoms with van der Waals surface area (Å²) in [5.74, 6) is 2.37. The number of nitrogens with one attached hydrogen (secondary N) is 3. The first kappa shape index (κ1) is 21.3. The fourth-order valence-electron chi connectivity index (χ4n) is 3.64. The van der Waals surface area contributed by atoms with Crippen molar-refractivity contribution in [1.29, 1.82) is 0 Å². The summed E-state index contributed by atoms with van der Waals surface area (Å²) in [5.41, 5.74) is 2.11. The zero-order chi connectivity index (χ0) is 19.5. The van der Waals surface area contributed by atoms with Gasteiger partial charge in [-0.15, -0.1) is 0 Å². The van der Waals surface area contributed by atoms with Gasteiger partial charge in [-0.1, -0.05) is 38.3 Å². The monoisotopic (exact) mass is 377 g/mol. The van der Waals surface area contributed by atoms with Gasteiger partial charge in [-0.05, 0) is 25.2 Å². The molecule has 1 fully saturated rings. The van der Waals surface area contributed by atoms with Crippen LogP contribution in [0.25, 0.3) is 0 Å². The molecule has 1 saturated carbocycles. The van der Waals surface area contributed by atoms with Crippen molar-refractivity contribution in [2.45, 2.75) is 71.8 Å². The lowest BCUT2D eigenvalue weighted by molar-refractivity contribution is -0.122. The molecule has 1 aromatic rings. The number of carbonyl (C=O) groups is 1. The largest absolute Gasteiger partial charge is 0.361 e. The Hall–Kier alpha value is -2.05. The Morgan fingerprint density at radius 3 is 2.52 bits per heavy atom. The highest BCUT2D eigenvalue weighted by Crippen LogP contribution is 2.25. The van der Waals surface area contributed by atoms with Gasteiger partial charge in [0, 0.05) is 45.1 Å². The number of hydrogen-bond donors (Lipinski definition) is 3. The van der Waals surface area contributed by atoms with Crippen LogP contribution in [-0.4, -0.2) is 37.2 Å². The predicted octanol–water partition coefficient (Wildman–Crippen LogP) is 2.55. The third-order valence-corrected chi connectivity index (χ3v) is 5.20. The minimum atomic E-state index is 0.163. The molecule has 1 aromatic heterocycles. The fraction of sp³-hybridized carbons (Fsp3) is 0.750. The molecule has 0 saturated heterocycles. The van der Waals surface area contributed by atoms with Crippen LogP contribution in [0.1, 0.15) is 69.4 Å². The molecule has 152 valence electrons. The smallest absolute Gasteiger partial charge is 0.220 e. The number of amides is 1. The van der Waals surface area contributed by atoms with Crippen LogP contribution < -0.4 is 16.0 Å². The van der Waals surface area contributed by atoms with E-state index in [2.05, 4.69) is 39.9 Å². The molecular weight excluding hydrogens is 342 g/mol. The quantitative estimate of drug-likeness (QED) is 0.349. The molecule has 1 aliphatic carbocycles. The molecule has 0 bridgehead atoms. The Bertz CT molecular complexity index is 584. The summed E-state index contributed by atoms with van der Waals surface area (Å²) in [6.07, 6.45) is 8.60. The van der Waals surface area contributed by atoms with Crippen LogP contribution in [0.2, 0.25) is 0 Å². The molecular formula is C20H35N5O2. The Morgan fingerprint density at radius 1 is 1.11 bits per heavy atom. The first-order valence-electron chi connectivity index (χ1n) is 10.3. The fourth-order valence-corrected chi connectivity index (χ4v) is 3.64. The van der Waals surface area contributed by atoms with E-state index in [-0.39, 0.29) is 5.91 Å². The van der Waals surface area contributed by atoms with Crippen molar-refractivity contribution < 1.29 is 9.32 Å². The first-order valence-corrected chi connectivity index (χ1v) is 10.3. The van der Waals surface area contributed by atoms with Crippen molar-refractivity contribution in [2.24, 2.45) is 10.9 Å². The molecule has 0 aromatic carbocycles. The van der Waals surface area contributed by atoms with Crippen LogP contribution in [0.3, 0.4) is 0 Å². The zero-order valence-corrected chi connectivity index (χ0v) is 17.1. The molecule has 1 aliphatic rings.